The predicted molar refractivity (Wildman–Crippen MR) is 124 cm³/mol. The SMILES string of the molecule is CCCCc1ccc(C#Cc2ccc(C#Cc3c(F)cc(CCC)cc3F)cc2F)cc1. The fourth-order valence-electron chi connectivity index (χ4n) is 3.28. The van der Waals surface area contributed by atoms with E-state index >= 15 is 0 Å². The van der Waals surface area contributed by atoms with Crippen LogP contribution >= 0.6 is 0 Å². The second kappa shape index (κ2) is 11.3. The molecule has 0 fully saturated rings. The van der Waals surface area contributed by atoms with Gasteiger partial charge in [0, 0.05) is 11.1 Å². The molecule has 0 saturated carbocycles. The first-order valence-electron chi connectivity index (χ1n) is 10.9. The van der Waals surface area contributed by atoms with E-state index in [-0.39, 0.29) is 11.1 Å². The van der Waals surface area contributed by atoms with Gasteiger partial charge in [0.25, 0.3) is 0 Å². The average molecular weight is 431 g/mol. The van der Waals surface area contributed by atoms with Crippen LogP contribution in [0.5, 0.6) is 0 Å². The fraction of sp³-hybridized carbons (Fsp3) is 0.241. The van der Waals surface area contributed by atoms with E-state index in [0.29, 0.717) is 17.5 Å². The van der Waals surface area contributed by atoms with Crippen LogP contribution < -0.4 is 0 Å². The van der Waals surface area contributed by atoms with Gasteiger partial charge in [0.1, 0.15) is 17.5 Å². The van der Waals surface area contributed by atoms with E-state index in [1.807, 2.05) is 31.2 Å². The van der Waals surface area contributed by atoms with Crippen LogP contribution in [0.2, 0.25) is 0 Å². The van der Waals surface area contributed by atoms with E-state index in [9.17, 15) is 13.2 Å². The van der Waals surface area contributed by atoms with Crippen molar-refractivity contribution in [3.8, 4) is 23.7 Å². The maximum Gasteiger partial charge on any atom is 0.142 e. The third kappa shape index (κ3) is 6.29. The summed E-state index contributed by atoms with van der Waals surface area (Å²) in [5, 5.41) is 0. The molecule has 0 nitrogen and oxygen atoms in total. The van der Waals surface area contributed by atoms with E-state index in [1.165, 1.54) is 29.8 Å². The summed E-state index contributed by atoms with van der Waals surface area (Å²) >= 11 is 0. The minimum absolute atomic E-state index is 0.242. The smallest absolute Gasteiger partial charge is 0.142 e. The van der Waals surface area contributed by atoms with Gasteiger partial charge in [-0.2, -0.15) is 0 Å². The molecule has 0 bridgehead atoms. The molecular weight excluding hydrogens is 405 g/mol. The molecule has 0 amide bonds. The lowest BCUT2D eigenvalue weighted by molar-refractivity contribution is 0.573. The van der Waals surface area contributed by atoms with Crippen molar-refractivity contribution in [2.75, 3.05) is 0 Å². The molecule has 162 valence electrons. The highest BCUT2D eigenvalue weighted by Crippen LogP contribution is 2.16. The topological polar surface area (TPSA) is 0 Å². The summed E-state index contributed by atoms with van der Waals surface area (Å²) < 4.78 is 42.8. The van der Waals surface area contributed by atoms with Crippen molar-refractivity contribution in [3.63, 3.8) is 0 Å². The third-order valence-corrected chi connectivity index (χ3v) is 5.06. The van der Waals surface area contributed by atoms with Crippen molar-refractivity contribution in [2.24, 2.45) is 0 Å². The van der Waals surface area contributed by atoms with Crippen molar-refractivity contribution in [2.45, 2.75) is 46.0 Å². The highest BCUT2D eigenvalue weighted by Gasteiger charge is 2.09. The van der Waals surface area contributed by atoms with Crippen LogP contribution in [0.4, 0.5) is 13.2 Å². The van der Waals surface area contributed by atoms with Crippen molar-refractivity contribution in [1.82, 2.24) is 0 Å². The molecule has 0 unspecified atom stereocenters. The lowest BCUT2D eigenvalue weighted by atomic mass is 10.1. The summed E-state index contributed by atoms with van der Waals surface area (Å²) in [6.45, 7) is 4.10. The lowest BCUT2D eigenvalue weighted by Gasteiger charge is -2.02. The molecule has 0 aromatic heterocycles. The average Bonchev–Trinajstić information content (AvgIpc) is 2.77. The number of hydrogen-bond donors (Lipinski definition) is 0. The van der Waals surface area contributed by atoms with Gasteiger partial charge in [0.2, 0.25) is 0 Å². The molecule has 0 radical (unpaired) electrons. The zero-order chi connectivity index (χ0) is 22.9. The number of rotatable bonds is 5. The number of hydrogen-bond acceptors (Lipinski definition) is 0. The number of halogens is 3. The first kappa shape index (κ1) is 23.2. The van der Waals surface area contributed by atoms with Crippen LogP contribution in [0.1, 0.15) is 66.5 Å². The van der Waals surface area contributed by atoms with Crippen LogP contribution in [-0.4, -0.2) is 0 Å². The number of unbranched alkanes of at least 4 members (excludes halogenated alkanes) is 1. The molecule has 3 rings (SSSR count). The van der Waals surface area contributed by atoms with Crippen LogP contribution in [0.25, 0.3) is 0 Å². The van der Waals surface area contributed by atoms with Gasteiger partial charge in [-0.3, -0.25) is 0 Å². The van der Waals surface area contributed by atoms with E-state index < -0.39 is 17.5 Å². The fourth-order valence-corrected chi connectivity index (χ4v) is 3.28. The highest BCUT2D eigenvalue weighted by molar-refractivity contribution is 5.49. The molecule has 0 spiro atoms. The maximum atomic E-state index is 14.5. The summed E-state index contributed by atoms with van der Waals surface area (Å²) in [5.74, 6) is 9.00. The quantitative estimate of drug-likeness (QED) is 0.376. The van der Waals surface area contributed by atoms with Crippen LogP contribution in [0, 0.1) is 41.1 Å². The Morgan fingerprint density at radius 2 is 1.25 bits per heavy atom. The van der Waals surface area contributed by atoms with E-state index in [2.05, 4.69) is 30.6 Å². The first-order chi connectivity index (χ1) is 15.5. The molecule has 0 heterocycles. The third-order valence-electron chi connectivity index (χ3n) is 5.06. The lowest BCUT2D eigenvalue weighted by Crippen LogP contribution is -1.95. The van der Waals surface area contributed by atoms with Crippen molar-refractivity contribution in [1.29, 1.82) is 0 Å². The second-order valence-electron chi connectivity index (χ2n) is 7.68. The van der Waals surface area contributed by atoms with Gasteiger partial charge in [0.05, 0.1) is 11.1 Å². The summed E-state index contributed by atoms with van der Waals surface area (Å²) in [6, 6.07) is 14.9. The zero-order valence-electron chi connectivity index (χ0n) is 18.4. The van der Waals surface area contributed by atoms with Crippen LogP contribution in [0.3, 0.4) is 0 Å². The number of aryl methyl sites for hydroxylation is 2. The molecule has 3 aromatic carbocycles. The second-order valence-corrected chi connectivity index (χ2v) is 7.68. The summed E-state index contributed by atoms with van der Waals surface area (Å²) in [4.78, 5) is 0. The molecule has 0 N–H and O–H groups in total. The standard InChI is InChI=1S/C29H25F3/c1-3-5-7-21-8-10-22(11-9-21)12-15-25-16-13-23(18-27(25)30)14-17-26-28(31)19-24(6-4-2)20-29(26)32/h8-11,13,16,18-20H,3-7H2,1-2H3. The van der Waals surface area contributed by atoms with Gasteiger partial charge < -0.3 is 0 Å². The molecular formula is C29H25F3. The minimum Gasteiger partial charge on any atom is -0.206 e. The summed E-state index contributed by atoms with van der Waals surface area (Å²) in [5.41, 5.74) is 2.93. The van der Waals surface area contributed by atoms with Gasteiger partial charge in [-0.05, 0) is 72.9 Å². The Kier molecular flexibility index (Phi) is 8.18. The molecule has 0 atom stereocenters. The normalized spacial score (nSPS) is 10.2. The predicted octanol–water partition coefficient (Wildman–Crippen LogP) is 7.20. The Bertz CT molecular complexity index is 1180. The van der Waals surface area contributed by atoms with Crippen LogP contribution in [-0.2, 0) is 12.8 Å². The van der Waals surface area contributed by atoms with E-state index in [0.717, 1.165) is 31.2 Å². The molecule has 0 saturated heterocycles. The van der Waals surface area contributed by atoms with Gasteiger partial charge >= 0.3 is 0 Å². The van der Waals surface area contributed by atoms with Crippen molar-refractivity contribution in [3.05, 3.63) is 105 Å². The van der Waals surface area contributed by atoms with E-state index in [4.69, 9.17) is 0 Å². The van der Waals surface area contributed by atoms with E-state index in [1.54, 1.807) is 6.07 Å². The van der Waals surface area contributed by atoms with Crippen LogP contribution in [0.15, 0.2) is 54.6 Å². The Labute approximate surface area is 188 Å². The van der Waals surface area contributed by atoms with Gasteiger partial charge in [-0.15, -0.1) is 0 Å². The number of benzene rings is 3. The van der Waals surface area contributed by atoms with Gasteiger partial charge in [-0.25, -0.2) is 13.2 Å². The zero-order valence-corrected chi connectivity index (χ0v) is 18.4. The Hall–Kier alpha value is -3.43. The first-order valence-corrected chi connectivity index (χ1v) is 10.9. The molecule has 0 aliphatic rings. The van der Waals surface area contributed by atoms with Crippen molar-refractivity contribution >= 4 is 0 Å². The summed E-state index contributed by atoms with van der Waals surface area (Å²) in [6.07, 6.45) is 4.73. The Morgan fingerprint density at radius 3 is 1.88 bits per heavy atom. The molecule has 0 aliphatic carbocycles. The largest absolute Gasteiger partial charge is 0.206 e. The van der Waals surface area contributed by atoms with Gasteiger partial charge in [-0.1, -0.05) is 62.5 Å². The van der Waals surface area contributed by atoms with Crippen molar-refractivity contribution < 1.29 is 13.2 Å². The van der Waals surface area contributed by atoms with Gasteiger partial charge in [0.15, 0.2) is 0 Å². The molecule has 32 heavy (non-hydrogen) atoms. The molecule has 0 aliphatic heterocycles. The molecule has 3 heteroatoms. The Balaban J connectivity index is 1.76. The highest BCUT2D eigenvalue weighted by atomic mass is 19.1. The minimum atomic E-state index is -0.704. The maximum absolute atomic E-state index is 14.5. The monoisotopic (exact) mass is 430 g/mol. The molecule has 3 aromatic rings. The summed E-state index contributed by atoms with van der Waals surface area (Å²) in [7, 11) is 0. The Morgan fingerprint density at radius 1 is 0.594 bits per heavy atom.